The number of hydrogen-bond donors (Lipinski definition) is 2. The lowest BCUT2D eigenvalue weighted by atomic mass is 9.80. The smallest absolute Gasteiger partial charge is 0.0581 e. The molecule has 1 aliphatic carbocycles. The quantitative estimate of drug-likeness (QED) is 0.693. The summed E-state index contributed by atoms with van der Waals surface area (Å²) in [7, 11) is 0. The molecular formula is C14H20N2. The fourth-order valence-corrected chi connectivity index (χ4v) is 3.04. The highest BCUT2D eigenvalue weighted by Gasteiger charge is 2.34. The van der Waals surface area contributed by atoms with Crippen molar-refractivity contribution < 1.29 is 0 Å². The van der Waals surface area contributed by atoms with E-state index in [1.165, 1.54) is 49.0 Å². The van der Waals surface area contributed by atoms with Gasteiger partial charge in [-0.3, -0.25) is 0 Å². The van der Waals surface area contributed by atoms with Crippen LogP contribution in [-0.4, -0.2) is 12.1 Å². The Labute approximate surface area is 97.4 Å². The van der Waals surface area contributed by atoms with Gasteiger partial charge in [-0.1, -0.05) is 25.3 Å². The van der Waals surface area contributed by atoms with Crippen molar-refractivity contribution in [1.82, 2.24) is 0 Å². The summed E-state index contributed by atoms with van der Waals surface area (Å²) in [6.45, 7) is 3.23. The fourth-order valence-electron chi connectivity index (χ4n) is 3.04. The molecule has 1 spiro atoms. The molecule has 0 atom stereocenters. The predicted molar refractivity (Wildman–Crippen MR) is 69.1 cm³/mol. The minimum absolute atomic E-state index is 0.334. The lowest BCUT2D eigenvalue weighted by Crippen LogP contribution is -2.49. The maximum Gasteiger partial charge on any atom is 0.0581 e. The molecule has 2 N–H and O–H groups in total. The lowest BCUT2D eigenvalue weighted by Gasteiger charge is -2.43. The highest BCUT2D eigenvalue weighted by molar-refractivity contribution is 5.73. The highest BCUT2D eigenvalue weighted by Crippen LogP contribution is 2.38. The zero-order valence-corrected chi connectivity index (χ0v) is 9.97. The zero-order chi connectivity index (χ0) is 11.0. The summed E-state index contributed by atoms with van der Waals surface area (Å²) < 4.78 is 0. The van der Waals surface area contributed by atoms with Crippen LogP contribution >= 0.6 is 0 Å². The molecule has 0 aromatic heterocycles. The maximum atomic E-state index is 3.78. The van der Waals surface area contributed by atoms with Crippen LogP contribution in [0.2, 0.25) is 0 Å². The Morgan fingerprint density at radius 1 is 1.06 bits per heavy atom. The van der Waals surface area contributed by atoms with E-state index in [2.05, 4.69) is 35.8 Å². The van der Waals surface area contributed by atoms with Gasteiger partial charge in [0.15, 0.2) is 0 Å². The topological polar surface area (TPSA) is 24.1 Å². The molecule has 0 unspecified atom stereocenters. The first-order valence-electron chi connectivity index (χ1n) is 6.40. The van der Waals surface area contributed by atoms with Gasteiger partial charge in [-0.25, -0.2) is 0 Å². The standard InChI is InChI=1S/C14H20N2/c1-11-5-6-12-13(9-11)15-10-14(16-12)7-3-2-4-8-14/h5-6,9,15-16H,2-4,7-8,10H2,1H3. The van der Waals surface area contributed by atoms with E-state index in [9.17, 15) is 0 Å². The zero-order valence-electron chi connectivity index (χ0n) is 9.97. The number of anilines is 2. The first-order chi connectivity index (χ1) is 7.77. The summed E-state index contributed by atoms with van der Waals surface area (Å²) in [4.78, 5) is 0. The summed E-state index contributed by atoms with van der Waals surface area (Å²) in [5.41, 5.74) is 4.23. The van der Waals surface area contributed by atoms with Crippen molar-refractivity contribution in [3.8, 4) is 0 Å². The van der Waals surface area contributed by atoms with E-state index < -0.39 is 0 Å². The number of benzene rings is 1. The van der Waals surface area contributed by atoms with Crippen LogP contribution < -0.4 is 10.6 Å². The Hall–Kier alpha value is -1.18. The summed E-state index contributed by atoms with van der Waals surface area (Å²) in [6.07, 6.45) is 6.77. The van der Waals surface area contributed by atoms with Crippen LogP contribution in [0.15, 0.2) is 18.2 Å². The number of aryl methyl sites for hydroxylation is 1. The third-order valence-electron chi connectivity index (χ3n) is 4.00. The monoisotopic (exact) mass is 216 g/mol. The van der Waals surface area contributed by atoms with Gasteiger partial charge in [0.2, 0.25) is 0 Å². The third-order valence-corrected chi connectivity index (χ3v) is 4.00. The molecule has 1 saturated carbocycles. The first kappa shape index (κ1) is 10.0. The highest BCUT2D eigenvalue weighted by atomic mass is 15.1. The van der Waals surface area contributed by atoms with Crippen molar-refractivity contribution in [2.45, 2.75) is 44.6 Å². The molecule has 0 bridgehead atoms. The Morgan fingerprint density at radius 3 is 2.69 bits per heavy atom. The van der Waals surface area contributed by atoms with E-state index in [4.69, 9.17) is 0 Å². The number of hydrogen-bond acceptors (Lipinski definition) is 2. The molecule has 2 aliphatic rings. The van der Waals surface area contributed by atoms with Crippen molar-refractivity contribution in [2.24, 2.45) is 0 Å². The molecule has 1 heterocycles. The Kier molecular flexibility index (Phi) is 2.31. The van der Waals surface area contributed by atoms with E-state index >= 15 is 0 Å². The van der Waals surface area contributed by atoms with E-state index in [0.717, 1.165) is 6.54 Å². The SMILES string of the molecule is Cc1ccc2c(c1)NCC1(CCCCC1)N2. The molecule has 16 heavy (non-hydrogen) atoms. The lowest BCUT2D eigenvalue weighted by molar-refractivity contribution is 0.334. The van der Waals surface area contributed by atoms with E-state index in [1.807, 2.05) is 0 Å². The Balaban J connectivity index is 1.88. The van der Waals surface area contributed by atoms with Gasteiger partial charge in [0.1, 0.15) is 0 Å². The second-order valence-electron chi connectivity index (χ2n) is 5.37. The number of fused-ring (bicyclic) bond motifs is 1. The summed E-state index contributed by atoms with van der Waals surface area (Å²) in [5.74, 6) is 0. The largest absolute Gasteiger partial charge is 0.381 e. The number of rotatable bonds is 0. The van der Waals surface area contributed by atoms with Crippen molar-refractivity contribution in [3.05, 3.63) is 23.8 Å². The van der Waals surface area contributed by atoms with Crippen molar-refractivity contribution in [1.29, 1.82) is 0 Å². The van der Waals surface area contributed by atoms with Gasteiger partial charge >= 0.3 is 0 Å². The van der Waals surface area contributed by atoms with Crippen LogP contribution in [0.25, 0.3) is 0 Å². The van der Waals surface area contributed by atoms with Gasteiger partial charge in [0.05, 0.1) is 16.9 Å². The maximum absolute atomic E-state index is 3.78. The van der Waals surface area contributed by atoms with Crippen LogP contribution in [0, 0.1) is 6.92 Å². The van der Waals surface area contributed by atoms with E-state index in [-0.39, 0.29) is 0 Å². The average molecular weight is 216 g/mol. The van der Waals surface area contributed by atoms with Crippen molar-refractivity contribution in [3.63, 3.8) is 0 Å². The predicted octanol–water partition coefficient (Wildman–Crippen LogP) is 3.54. The molecule has 3 rings (SSSR count). The van der Waals surface area contributed by atoms with Gasteiger partial charge in [-0.2, -0.15) is 0 Å². The molecule has 0 radical (unpaired) electrons. The Bertz CT molecular complexity index is 392. The van der Waals surface area contributed by atoms with Crippen LogP contribution in [0.3, 0.4) is 0 Å². The molecular weight excluding hydrogens is 196 g/mol. The van der Waals surface area contributed by atoms with Gasteiger partial charge in [-0.15, -0.1) is 0 Å². The van der Waals surface area contributed by atoms with E-state index in [1.54, 1.807) is 0 Å². The van der Waals surface area contributed by atoms with Gasteiger partial charge in [0, 0.05) is 6.54 Å². The van der Waals surface area contributed by atoms with Gasteiger partial charge in [0.25, 0.3) is 0 Å². The minimum atomic E-state index is 0.334. The minimum Gasteiger partial charge on any atom is -0.381 e. The van der Waals surface area contributed by atoms with Crippen molar-refractivity contribution >= 4 is 11.4 Å². The molecule has 2 heteroatoms. The fraction of sp³-hybridized carbons (Fsp3) is 0.571. The molecule has 1 aliphatic heterocycles. The van der Waals surface area contributed by atoms with E-state index in [0.29, 0.717) is 5.54 Å². The molecule has 86 valence electrons. The number of nitrogens with one attached hydrogen (secondary N) is 2. The molecule has 0 saturated heterocycles. The molecule has 1 fully saturated rings. The molecule has 0 amide bonds. The summed E-state index contributed by atoms with van der Waals surface area (Å²) in [5, 5.41) is 7.38. The first-order valence-corrected chi connectivity index (χ1v) is 6.40. The third kappa shape index (κ3) is 1.66. The molecule has 1 aromatic rings. The average Bonchev–Trinajstić information content (AvgIpc) is 2.31. The van der Waals surface area contributed by atoms with Crippen LogP contribution in [0.5, 0.6) is 0 Å². The van der Waals surface area contributed by atoms with Crippen molar-refractivity contribution in [2.75, 3.05) is 17.2 Å². The molecule has 1 aromatic carbocycles. The summed E-state index contributed by atoms with van der Waals surface area (Å²) >= 11 is 0. The van der Waals surface area contributed by atoms with Gasteiger partial charge in [-0.05, 0) is 37.5 Å². The van der Waals surface area contributed by atoms with Crippen LogP contribution in [-0.2, 0) is 0 Å². The summed E-state index contributed by atoms with van der Waals surface area (Å²) in [6, 6.07) is 6.64. The van der Waals surface area contributed by atoms with Crippen LogP contribution in [0.1, 0.15) is 37.7 Å². The van der Waals surface area contributed by atoms with Crippen LogP contribution in [0.4, 0.5) is 11.4 Å². The van der Waals surface area contributed by atoms with Gasteiger partial charge < -0.3 is 10.6 Å². The normalized spacial score (nSPS) is 22.1. The second-order valence-corrected chi connectivity index (χ2v) is 5.37. The Morgan fingerprint density at radius 2 is 1.88 bits per heavy atom. The molecule has 2 nitrogen and oxygen atoms in total. The second kappa shape index (κ2) is 3.69.